The van der Waals surface area contributed by atoms with E-state index >= 15 is 0 Å². The fraction of sp³-hybridized carbons (Fsp3) is 0.333. The smallest absolute Gasteiger partial charge is 0.225 e. The molecule has 2 aliphatic rings. The number of piperazine rings is 1. The minimum atomic E-state index is -0.544. The zero-order valence-corrected chi connectivity index (χ0v) is 32.1. The Labute approximate surface area is 334 Å². The molecule has 5 aromatic rings. The second-order valence-corrected chi connectivity index (χ2v) is 14.6. The first-order valence-electron chi connectivity index (χ1n) is 19.8. The average Bonchev–Trinajstić information content (AvgIpc) is 3.26. The lowest BCUT2D eigenvalue weighted by molar-refractivity contribution is -0.253. The molecule has 5 N–H and O–H groups in total. The molecule has 12 nitrogen and oxygen atoms in total. The van der Waals surface area contributed by atoms with Crippen molar-refractivity contribution in [1.82, 2.24) is 20.2 Å². The molecule has 0 aliphatic carbocycles. The van der Waals surface area contributed by atoms with E-state index < -0.39 is 6.29 Å². The van der Waals surface area contributed by atoms with Gasteiger partial charge in [0.2, 0.25) is 17.8 Å². The fourth-order valence-electron chi connectivity index (χ4n) is 7.28. The third kappa shape index (κ3) is 11.0. The number of carbonyl (C=O) groups is 2. The van der Waals surface area contributed by atoms with E-state index in [9.17, 15) is 14.7 Å². The summed E-state index contributed by atoms with van der Waals surface area (Å²) in [5.41, 5.74) is 13.0. The number of ether oxygens (including phenoxy) is 2. The Hall–Kier alpha value is -5.66. The van der Waals surface area contributed by atoms with Crippen LogP contribution < -0.4 is 21.3 Å². The largest absolute Gasteiger partial charge is 0.397 e. The van der Waals surface area contributed by atoms with E-state index in [1.54, 1.807) is 24.5 Å². The Bertz CT molecular complexity index is 2060. The van der Waals surface area contributed by atoms with Gasteiger partial charge in [-0.3, -0.25) is 14.5 Å². The molecular formula is C45H51N7O5. The molecule has 296 valence electrons. The molecule has 2 aliphatic heterocycles. The molecule has 0 radical (unpaired) electrons. The van der Waals surface area contributed by atoms with Crippen LogP contribution in [0.1, 0.15) is 66.8 Å². The summed E-state index contributed by atoms with van der Waals surface area (Å²) in [7, 11) is 0. The number of nitrogen functional groups attached to an aromatic ring is 1. The molecule has 0 bridgehead atoms. The number of anilines is 3. The minimum Gasteiger partial charge on any atom is -0.397 e. The summed E-state index contributed by atoms with van der Waals surface area (Å²) in [6.07, 6.45) is 5.44. The number of benzene rings is 4. The van der Waals surface area contributed by atoms with Gasteiger partial charge >= 0.3 is 0 Å². The average molecular weight is 770 g/mol. The van der Waals surface area contributed by atoms with Gasteiger partial charge in [-0.05, 0) is 64.9 Å². The van der Waals surface area contributed by atoms with Crippen LogP contribution >= 0.6 is 0 Å². The van der Waals surface area contributed by atoms with Crippen molar-refractivity contribution in [3.63, 3.8) is 0 Å². The Morgan fingerprint density at radius 2 is 1.47 bits per heavy atom. The van der Waals surface area contributed by atoms with Crippen LogP contribution in [-0.2, 0) is 32.2 Å². The highest BCUT2D eigenvalue weighted by molar-refractivity contribution is 5.93. The molecule has 0 unspecified atom stereocenters. The number of carbonyl (C=O) groups excluding carboxylic acids is 2. The number of nitrogens with one attached hydrogen (secondary N) is 2. The number of amides is 2. The number of hydrogen-bond donors (Lipinski definition) is 4. The number of aliphatic hydroxyl groups is 1. The number of nitrogens with two attached hydrogens (primary N) is 1. The molecular weight excluding hydrogens is 719 g/mol. The SMILES string of the molecule is Nc1ccccc1NC(=O)CCCCC(=O)NCc1cccc(-c2ccc([C@H]3O[C@@H](CN4CCN(c5ncccn5)CC4)C[C@@H](c4ccc(CO)cc4)O3)cc2)c1. The molecule has 2 saturated heterocycles. The lowest BCUT2D eigenvalue weighted by Gasteiger charge is -2.40. The van der Waals surface area contributed by atoms with Crippen LogP contribution in [-0.4, -0.2) is 70.6 Å². The highest BCUT2D eigenvalue weighted by Gasteiger charge is 2.34. The van der Waals surface area contributed by atoms with Crippen molar-refractivity contribution in [3.05, 3.63) is 138 Å². The number of para-hydroxylation sites is 2. The minimum absolute atomic E-state index is 0.000378. The first-order valence-corrected chi connectivity index (χ1v) is 19.8. The number of rotatable bonds is 15. The predicted molar refractivity (Wildman–Crippen MR) is 221 cm³/mol. The van der Waals surface area contributed by atoms with Crippen LogP contribution in [0, 0.1) is 0 Å². The zero-order chi connectivity index (χ0) is 39.4. The lowest BCUT2D eigenvalue weighted by atomic mass is 9.98. The number of unbranched alkanes of at least 4 members (excludes halogenated alkanes) is 1. The number of hydrogen-bond acceptors (Lipinski definition) is 10. The Kier molecular flexibility index (Phi) is 13.5. The molecule has 0 spiro atoms. The molecule has 0 saturated carbocycles. The topological polar surface area (TPSA) is 155 Å². The Morgan fingerprint density at radius 3 is 2.21 bits per heavy atom. The third-order valence-corrected chi connectivity index (χ3v) is 10.5. The van der Waals surface area contributed by atoms with Gasteiger partial charge in [-0.1, -0.05) is 78.9 Å². The van der Waals surface area contributed by atoms with Gasteiger partial charge in [0.25, 0.3) is 0 Å². The second-order valence-electron chi connectivity index (χ2n) is 14.6. The van der Waals surface area contributed by atoms with Gasteiger partial charge in [-0.15, -0.1) is 0 Å². The van der Waals surface area contributed by atoms with Gasteiger partial charge in [0.1, 0.15) is 0 Å². The quantitative estimate of drug-likeness (QED) is 0.0695. The van der Waals surface area contributed by atoms with E-state index in [0.717, 1.165) is 78.5 Å². The molecule has 2 fully saturated rings. The van der Waals surface area contributed by atoms with E-state index in [0.29, 0.717) is 43.6 Å². The number of nitrogens with zero attached hydrogens (tertiary/aromatic N) is 4. The van der Waals surface area contributed by atoms with Crippen molar-refractivity contribution in [3.8, 4) is 11.1 Å². The highest BCUT2D eigenvalue weighted by Crippen LogP contribution is 2.39. The van der Waals surface area contributed by atoms with E-state index in [1.165, 1.54) is 0 Å². The molecule has 1 aromatic heterocycles. The summed E-state index contributed by atoms with van der Waals surface area (Å²) in [5.74, 6) is 0.608. The monoisotopic (exact) mass is 769 g/mol. The van der Waals surface area contributed by atoms with Crippen LogP contribution in [0.2, 0.25) is 0 Å². The maximum atomic E-state index is 12.6. The van der Waals surface area contributed by atoms with E-state index in [-0.39, 0.29) is 30.6 Å². The lowest BCUT2D eigenvalue weighted by Crippen LogP contribution is -2.50. The van der Waals surface area contributed by atoms with E-state index in [2.05, 4.69) is 66.8 Å². The third-order valence-electron chi connectivity index (χ3n) is 10.5. The summed E-state index contributed by atoms with van der Waals surface area (Å²) in [4.78, 5) is 38.4. The van der Waals surface area contributed by atoms with Crippen molar-refractivity contribution in [2.24, 2.45) is 0 Å². The molecule has 3 heterocycles. The predicted octanol–water partition coefficient (Wildman–Crippen LogP) is 6.40. The van der Waals surface area contributed by atoms with Crippen molar-refractivity contribution < 1.29 is 24.2 Å². The molecule has 7 rings (SSSR count). The highest BCUT2D eigenvalue weighted by atomic mass is 16.7. The van der Waals surface area contributed by atoms with Gasteiger partial charge in [0, 0.05) is 76.5 Å². The molecule has 3 atom stereocenters. The summed E-state index contributed by atoms with van der Waals surface area (Å²) in [6, 6.07) is 33.4. The van der Waals surface area contributed by atoms with Gasteiger partial charge in [-0.2, -0.15) is 0 Å². The van der Waals surface area contributed by atoms with Crippen LogP contribution in [0.25, 0.3) is 11.1 Å². The van der Waals surface area contributed by atoms with Crippen LogP contribution in [0.5, 0.6) is 0 Å². The van der Waals surface area contributed by atoms with Gasteiger partial charge < -0.3 is 35.8 Å². The Balaban J connectivity index is 0.924. The van der Waals surface area contributed by atoms with Gasteiger partial charge in [0.15, 0.2) is 6.29 Å². The van der Waals surface area contributed by atoms with E-state index in [4.69, 9.17) is 15.2 Å². The maximum Gasteiger partial charge on any atom is 0.225 e. The fourth-order valence-corrected chi connectivity index (χ4v) is 7.28. The molecule has 4 aromatic carbocycles. The standard InChI is InChI=1S/C45H51N7O5/c46-39-9-1-2-10-40(39)50-43(55)12-4-3-11-42(54)49-29-33-7-5-8-37(27-33)34-17-19-36(20-18-34)44-56-38(28-41(57-44)35-15-13-32(31-53)14-16-35)30-51-23-25-52(26-24-51)45-47-21-6-22-48-45/h1-2,5-10,13-22,27,38,41,44,53H,3-4,11-12,23-26,28-31,46H2,(H,49,54)(H,50,55)/t38-,41+,44+/m1/s1. The zero-order valence-electron chi connectivity index (χ0n) is 32.1. The maximum absolute atomic E-state index is 12.6. The summed E-state index contributed by atoms with van der Waals surface area (Å²) >= 11 is 0. The summed E-state index contributed by atoms with van der Waals surface area (Å²) in [5, 5.41) is 15.5. The number of aliphatic hydroxyl groups excluding tert-OH is 1. The second kappa shape index (κ2) is 19.5. The number of aromatic nitrogens is 2. The van der Waals surface area contributed by atoms with Crippen LogP contribution in [0.3, 0.4) is 0 Å². The van der Waals surface area contributed by atoms with Gasteiger partial charge in [0.05, 0.1) is 30.2 Å². The van der Waals surface area contributed by atoms with Crippen molar-refractivity contribution in [2.75, 3.05) is 48.7 Å². The van der Waals surface area contributed by atoms with Crippen LogP contribution in [0.15, 0.2) is 116 Å². The van der Waals surface area contributed by atoms with Crippen molar-refractivity contribution >= 4 is 29.1 Å². The van der Waals surface area contributed by atoms with E-state index in [1.807, 2.05) is 54.6 Å². The first-order chi connectivity index (χ1) is 27.9. The van der Waals surface area contributed by atoms with Crippen LogP contribution in [0.4, 0.5) is 17.3 Å². The first kappa shape index (κ1) is 39.6. The molecule has 2 amide bonds. The summed E-state index contributed by atoms with van der Waals surface area (Å²) in [6.45, 7) is 4.70. The molecule has 12 heteroatoms. The van der Waals surface area contributed by atoms with Crippen molar-refractivity contribution in [1.29, 1.82) is 0 Å². The van der Waals surface area contributed by atoms with Crippen molar-refractivity contribution in [2.45, 2.75) is 63.8 Å². The Morgan fingerprint density at radius 1 is 0.754 bits per heavy atom. The molecule has 57 heavy (non-hydrogen) atoms. The normalized spacial score (nSPS) is 18.5. The van der Waals surface area contributed by atoms with Gasteiger partial charge in [-0.25, -0.2) is 9.97 Å². The summed E-state index contributed by atoms with van der Waals surface area (Å²) < 4.78 is 13.3.